The molecule has 0 aliphatic heterocycles. The molecule has 2 aromatic heterocycles. The summed E-state index contributed by atoms with van der Waals surface area (Å²) in [7, 11) is 0. The Morgan fingerprint density at radius 3 is 2.55 bits per heavy atom. The van der Waals surface area contributed by atoms with Crippen LogP contribution in [0.15, 0.2) is 30.6 Å². The number of anilines is 1. The van der Waals surface area contributed by atoms with Crippen LogP contribution in [0.2, 0.25) is 5.15 Å². The molecular formula is C14H15ClN4O. The maximum Gasteiger partial charge on any atom is 0.259 e. The number of nitrogens with one attached hydrogen (secondary N) is 1. The Bertz CT molecular complexity index is 620. The lowest BCUT2D eigenvalue weighted by Crippen LogP contribution is -2.18. The number of carbonyl (C=O) groups is 1. The second kappa shape index (κ2) is 5.54. The molecule has 1 N–H and O–H groups in total. The van der Waals surface area contributed by atoms with Gasteiger partial charge in [0, 0.05) is 17.8 Å². The minimum atomic E-state index is -0.319. The van der Waals surface area contributed by atoms with Crippen molar-refractivity contribution in [3.8, 4) is 0 Å². The Morgan fingerprint density at radius 1 is 1.20 bits per heavy atom. The average molecular weight is 291 g/mol. The lowest BCUT2D eigenvalue weighted by Gasteiger charge is -2.17. The smallest absolute Gasteiger partial charge is 0.259 e. The van der Waals surface area contributed by atoms with Crippen LogP contribution in [-0.4, -0.2) is 20.9 Å². The molecule has 0 aliphatic carbocycles. The summed E-state index contributed by atoms with van der Waals surface area (Å²) in [5, 5.41) is 2.99. The van der Waals surface area contributed by atoms with Gasteiger partial charge in [0.05, 0.1) is 11.3 Å². The first-order valence-electron chi connectivity index (χ1n) is 6.13. The van der Waals surface area contributed by atoms with Crippen LogP contribution in [0.1, 0.15) is 36.8 Å². The molecule has 0 atom stereocenters. The van der Waals surface area contributed by atoms with Gasteiger partial charge in [-0.1, -0.05) is 32.4 Å². The van der Waals surface area contributed by atoms with Crippen molar-refractivity contribution in [1.82, 2.24) is 15.0 Å². The van der Waals surface area contributed by atoms with E-state index >= 15 is 0 Å². The maximum atomic E-state index is 12.0. The van der Waals surface area contributed by atoms with Crippen molar-refractivity contribution < 1.29 is 4.79 Å². The Kier molecular flexibility index (Phi) is 3.99. The van der Waals surface area contributed by atoms with Crippen LogP contribution in [0.4, 0.5) is 5.95 Å². The van der Waals surface area contributed by atoms with E-state index in [4.69, 9.17) is 11.6 Å². The van der Waals surface area contributed by atoms with Gasteiger partial charge < -0.3 is 0 Å². The Balaban J connectivity index is 2.18. The quantitative estimate of drug-likeness (QED) is 0.863. The number of aromatic nitrogens is 3. The van der Waals surface area contributed by atoms with Gasteiger partial charge in [-0.15, -0.1) is 0 Å². The molecule has 6 heteroatoms. The highest BCUT2D eigenvalue weighted by Gasteiger charge is 2.17. The van der Waals surface area contributed by atoms with Crippen LogP contribution in [0.5, 0.6) is 0 Å². The molecule has 0 fully saturated rings. The number of halogens is 1. The molecule has 104 valence electrons. The van der Waals surface area contributed by atoms with E-state index in [9.17, 15) is 4.79 Å². The van der Waals surface area contributed by atoms with Crippen LogP contribution in [0.3, 0.4) is 0 Å². The summed E-state index contributed by atoms with van der Waals surface area (Å²) in [6.07, 6.45) is 3.04. The lowest BCUT2D eigenvalue weighted by atomic mass is 9.92. The van der Waals surface area contributed by atoms with Crippen molar-refractivity contribution in [2.75, 3.05) is 5.32 Å². The molecule has 0 bridgehead atoms. The largest absolute Gasteiger partial charge is 0.290 e. The van der Waals surface area contributed by atoms with Crippen LogP contribution in [0, 0.1) is 0 Å². The van der Waals surface area contributed by atoms with Crippen molar-refractivity contribution in [2.45, 2.75) is 26.2 Å². The van der Waals surface area contributed by atoms with Gasteiger partial charge in [0.15, 0.2) is 0 Å². The summed E-state index contributed by atoms with van der Waals surface area (Å²) in [5.74, 6) is -0.0439. The molecule has 0 unspecified atom stereocenters. The Labute approximate surface area is 122 Å². The van der Waals surface area contributed by atoms with Gasteiger partial charge in [0.2, 0.25) is 5.95 Å². The van der Waals surface area contributed by atoms with Crippen LogP contribution < -0.4 is 5.32 Å². The first kappa shape index (κ1) is 14.4. The summed E-state index contributed by atoms with van der Waals surface area (Å²) in [5.41, 5.74) is 1.15. The monoisotopic (exact) mass is 290 g/mol. The third kappa shape index (κ3) is 3.51. The summed E-state index contributed by atoms with van der Waals surface area (Å²) in [6, 6.07) is 4.99. The summed E-state index contributed by atoms with van der Waals surface area (Å²) in [4.78, 5) is 24.3. The third-order valence-corrected chi connectivity index (χ3v) is 2.86. The Hall–Kier alpha value is -2.01. The van der Waals surface area contributed by atoms with E-state index in [1.165, 1.54) is 6.20 Å². The molecule has 1 amide bonds. The summed E-state index contributed by atoms with van der Waals surface area (Å²) < 4.78 is 0. The van der Waals surface area contributed by atoms with Crippen molar-refractivity contribution in [1.29, 1.82) is 0 Å². The first-order valence-corrected chi connectivity index (χ1v) is 6.50. The van der Waals surface area contributed by atoms with E-state index in [0.717, 1.165) is 5.69 Å². The minimum Gasteiger partial charge on any atom is -0.290 e. The van der Waals surface area contributed by atoms with Crippen molar-refractivity contribution in [3.63, 3.8) is 0 Å². The van der Waals surface area contributed by atoms with Gasteiger partial charge in [0.1, 0.15) is 5.15 Å². The number of hydrogen-bond donors (Lipinski definition) is 1. The molecule has 0 radical (unpaired) electrons. The van der Waals surface area contributed by atoms with E-state index in [1.54, 1.807) is 18.3 Å². The molecule has 0 aliphatic rings. The number of rotatable bonds is 2. The van der Waals surface area contributed by atoms with Gasteiger partial charge in [-0.2, -0.15) is 0 Å². The second-order valence-electron chi connectivity index (χ2n) is 5.34. The van der Waals surface area contributed by atoms with E-state index < -0.39 is 0 Å². The number of hydrogen-bond acceptors (Lipinski definition) is 4. The fourth-order valence-electron chi connectivity index (χ4n) is 1.52. The molecule has 2 aromatic rings. The second-order valence-corrected chi connectivity index (χ2v) is 5.73. The van der Waals surface area contributed by atoms with Gasteiger partial charge in [-0.25, -0.2) is 15.0 Å². The van der Waals surface area contributed by atoms with Crippen molar-refractivity contribution in [2.24, 2.45) is 0 Å². The van der Waals surface area contributed by atoms with E-state index in [0.29, 0.717) is 10.7 Å². The van der Waals surface area contributed by atoms with Crippen molar-refractivity contribution in [3.05, 3.63) is 47.0 Å². The fourth-order valence-corrected chi connectivity index (χ4v) is 1.63. The molecular weight excluding hydrogens is 276 g/mol. The third-order valence-electron chi connectivity index (χ3n) is 2.64. The summed E-state index contributed by atoms with van der Waals surface area (Å²) >= 11 is 5.68. The highest BCUT2D eigenvalue weighted by molar-refractivity contribution is 6.29. The van der Waals surface area contributed by atoms with E-state index in [1.807, 2.05) is 26.8 Å². The van der Waals surface area contributed by atoms with Crippen molar-refractivity contribution >= 4 is 23.5 Å². The van der Waals surface area contributed by atoms with Gasteiger partial charge in [-0.3, -0.25) is 10.1 Å². The first-order chi connectivity index (χ1) is 9.36. The molecule has 0 aromatic carbocycles. The van der Waals surface area contributed by atoms with Crippen LogP contribution >= 0.6 is 11.6 Å². The molecule has 2 heterocycles. The highest BCUT2D eigenvalue weighted by atomic mass is 35.5. The zero-order valence-electron chi connectivity index (χ0n) is 11.5. The average Bonchev–Trinajstić information content (AvgIpc) is 2.38. The minimum absolute atomic E-state index is 0.107. The summed E-state index contributed by atoms with van der Waals surface area (Å²) in [6.45, 7) is 6.14. The number of nitrogens with zero attached hydrogens (tertiary/aromatic N) is 3. The normalized spacial score (nSPS) is 11.2. The lowest BCUT2D eigenvalue weighted by molar-refractivity contribution is 0.102. The SMILES string of the molecule is CC(C)(C)c1ccnc(NC(=O)c2ccc(Cl)nc2)n1. The molecule has 20 heavy (non-hydrogen) atoms. The van der Waals surface area contributed by atoms with Crippen LogP contribution in [-0.2, 0) is 5.41 Å². The topological polar surface area (TPSA) is 67.8 Å². The molecule has 5 nitrogen and oxygen atoms in total. The fraction of sp³-hybridized carbons (Fsp3) is 0.286. The predicted molar refractivity (Wildman–Crippen MR) is 77.9 cm³/mol. The van der Waals surface area contributed by atoms with Gasteiger partial charge >= 0.3 is 0 Å². The van der Waals surface area contributed by atoms with Gasteiger partial charge in [0.25, 0.3) is 5.91 Å². The Morgan fingerprint density at radius 2 is 1.95 bits per heavy atom. The molecule has 2 rings (SSSR count). The molecule has 0 spiro atoms. The highest BCUT2D eigenvalue weighted by Crippen LogP contribution is 2.20. The maximum absolute atomic E-state index is 12.0. The number of amides is 1. The molecule has 0 saturated heterocycles. The number of carbonyl (C=O) groups excluding carboxylic acids is 1. The van der Waals surface area contributed by atoms with Crippen LogP contribution in [0.25, 0.3) is 0 Å². The van der Waals surface area contributed by atoms with Gasteiger partial charge in [-0.05, 0) is 18.2 Å². The standard InChI is InChI=1S/C14H15ClN4O/c1-14(2,3)10-6-7-16-13(18-10)19-12(20)9-4-5-11(15)17-8-9/h4-8H,1-3H3,(H,16,18,19,20). The van der Waals surface area contributed by atoms with E-state index in [2.05, 4.69) is 20.3 Å². The number of pyridine rings is 1. The molecule has 0 saturated carbocycles. The predicted octanol–water partition coefficient (Wildman–Crippen LogP) is 3.07. The zero-order chi connectivity index (χ0) is 14.8. The van der Waals surface area contributed by atoms with E-state index in [-0.39, 0.29) is 17.3 Å². The zero-order valence-corrected chi connectivity index (χ0v) is 12.3.